The summed E-state index contributed by atoms with van der Waals surface area (Å²) in [6.07, 6.45) is 1.35. The van der Waals surface area contributed by atoms with Gasteiger partial charge in [0.1, 0.15) is 11.6 Å². The van der Waals surface area contributed by atoms with E-state index in [1.165, 1.54) is 5.56 Å². The predicted molar refractivity (Wildman–Crippen MR) is 137 cm³/mol. The van der Waals surface area contributed by atoms with Crippen LogP contribution >= 0.6 is 0 Å². The van der Waals surface area contributed by atoms with Crippen LogP contribution in [0.1, 0.15) is 49.9 Å². The number of para-hydroxylation sites is 3. The molecule has 0 spiro atoms. The Morgan fingerprint density at radius 2 is 1.71 bits per heavy atom. The van der Waals surface area contributed by atoms with E-state index in [9.17, 15) is 4.79 Å². The number of hydrogen-bond acceptors (Lipinski definition) is 3. The molecular weight excluding hydrogens is 422 g/mol. The third kappa shape index (κ3) is 4.56. The molecule has 1 aromatic heterocycles. The molecule has 2 heterocycles. The van der Waals surface area contributed by atoms with E-state index in [4.69, 9.17) is 9.72 Å². The van der Waals surface area contributed by atoms with Gasteiger partial charge in [-0.25, -0.2) is 4.98 Å². The van der Waals surface area contributed by atoms with E-state index in [0.717, 1.165) is 41.3 Å². The Bertz CT molecular complexity index is 1260. The number of fused-ring (bicyclic) bond motifs is 1. The Balaban J connectivity index is 1.30. The number of hydrogen-bond donors (Lipinski definition) is 0. The van der Waals surface area contributed by atoms with Crippen molar-refractivity contribution >= 4 is 22.6 Å². The molecule has 5 rings (SSSR count). The molecule has 174 valence electrons. The van der Waals surface area contributed by atoms with Crippen LogP contribution in [0, 0.1) is 0 Å². The molecule has 5 nitrogen and oxygen atoms in total. The number of carbonyl (C=O) groups is 1. The SMILES string of the molecule is CC(C)c1ccc(OCCCn2c(C3CC(=O)N(c4ccccc4)C3)nc3ccccc32)cc1. The van der Waals surface area contributed by atoms with Gasteiger partial charge in [0.25, 0.3) is 0 Å². The first-order chi connectivity index (χ1) is 16.6. The first kappa shape index (κ1) is 22.2. The number of anilines is 1. The molecule has 1 atom stereocenters. The van der Waals surface area contributed by atoms with E-state index in [2.05, 4.69) is 48.7 Å². The lowest BCUT2D eigenvalue weighted by atomic mass is 10.0. The Morgan fingerprint density at radius 3 is 2.47 bits per heavy atom. The minimum Gasteiger partial charge on any atom is -0.494 e. The molecule has 1 amide bonds. The lowest BCUT2D eigenvalue weighted by Gasteiger charge is -2.17. The van der Waals surface area contributed by atoms with Gasteiger partial charge in [0.15, 0.2) is 0 Å². The average Bonchev–Trinajstić information content (AvgIpc) is 3.43. The van der Waals surface area contributed by atoms with Gasteiger partial charge in [-0.1, -0.05) is 56.3 Å². The molecule has 5 heteroatoms. The van der Waals surface area contributed by atoms with Crippen LogP contribution in [0.3, 0.4) is 0 Å². The van der Waals surface area contributed by atoms with E-state index in [-0.39, 0.29) is 11.8 Å². The Hall–Kier alpha value is -3.60. The third-order valence-corrected chi connectivity index (χ3v) is 6.58. The summed E-state index contributed by atoms with van der Waals surface area (Å²) >= 11 is 0. The fourth-order valence-corrected chi connectivity index (χ4v) is 4.74. The number of rotatable bonds is 8. The fraction of sp³-hybridized carbons (Fsp3) is 0.310. The average molecular weight is 454 g/mol. The molecule has 1 fully saturated rings. The molecule has 1 unspecified atom stereocenters. The van der Waals surface area contributed by atoms with Crippen molar-refractivity contribution in [3.05, 3.63) is 90.3 Å². The minimum absolute atomic E-state index is 0.0737. The molecule has 0 bridgehead atoms. The molecule has 3 aromatic carbocycles. The highest BCUT2D eigenvalue weighted by atomic mass is 16.5. The van der Waals surface area contributed by atoms with Gasteiger partial charge in [0.2, 0.25) is 5.91 Å². The molecule has 1 aliphatic heterocycles. The highest BCUT2D eigenvalue weighted by molar-refractivity contribution is 5.96. The van der Waals surface area contributed by atoms with E-state index in [1.54, 1.807) is 0 Å². The molecule has 4 aromatic rings. The standard InChI is InChI=1S/C29H31N3O2/c1-21(2)22-13-15-25(16-14-22)34-18-8-17-31-27-12-7-6-11-26(27)30-29(31)23-19-28(33)32(20-23)24-9-4-3-5-10-24/h3-7,9-16,21,23H,8,17-20H2,1-2H3. The lowest BCUT2D eigenvalue weighted by molar-refractivity contribution is -0.117. The Morgan fingerprint density at radius 1 is 0.971 bits per heavy atom. The van der Waals surface area contributed by atoms with Crippen molar-refractivity contribution in [1.29, 1.82) is 0 Å². The zero-order chi connectivity index (χ0) is 23.5. The molecule has 1 saturated heterocycles. The van der Waals surface area contributed by atoms with Crippen LogP contribution < -0.4 is 9.64 Å². The molecule has 0 saturated carbocycles. The van der Waals surface area contributed by atoms with Crippen molar-refractivity contribution in [2.45, 2.75) is 45.1 Å². The van der Waals surface area contributed by atoms with Crippen molar-refractivity contribution in [2.24, 2.45) is 0 Å². The van der Waals surface area contributed by atoms with Crippen molar-refractivity contribution in [3.63, 3.8) is 0 Å². The maximum atomic E-state index is 12.8. The summed E-state index contributed by atoms with van der Waals surface area (Å²) in [6.45, 7) is 6.48. The van der Waals surface area contributed by atoms with Crippen LogP contribution in [0.2, 0.25) is 0 Å². The van der Waals surface area contributed by atoms with Crippen LogP contribution in [-0.2, 0) is 11.3 Å². The second-order valence-corrected chi connectivity index (χ2v) is 9.28. The van der Waals surface area contributed by atoms with Gasteiger partial charge in [-0.3, -0.25) is 4.79 Å². The largest absolute Gasteiger partial charge is 0.494 e. The Kier molecular flexibility index (Phi) is 6.35. The number of aryl methyl sites for hydroxylation is 1. The van der Waals surface area contributed by atoms with Crippen molar-refractivity contribution in [1.82, 2.24) is 9.55 Å². The summed E-state index contributed by atoms with van der Waals surface area (Å²) in [4.78, 5) is 19.7. The summed E-state index contributed by atoms with van der Waals surface area (Å²) in [5.74, 6) is 2.64. The normalized spacial score (nSPS) is 16.0. The third-order valence-electron chi connectivity index (χ3n) is 6.58. The monoisotopic (exact) mass is 453 g/mol. The summed E-state index contributed by atoms with van der Waals surface area (Å²) in [5, 5.41) is 0. The number of imidazole rings is 1. The second kappa shape index (κ2) is 9.72. The summed E-state index contributed by atoms with van der Waals surface area (Å²) < 4.78 is 8.30. The predicted octanol–water partition coefficient (Wildman–Crippen LogP) is 6.15. The van der Waals surface area contributed by atoms with Crippen molar-refractivity contribution in [2.75, 3.05) is 18.1 Å². The first-order valence-electron chi connectivity index (χ1n) is 12.1. The zero-order valence-corrected chi connectivity index (χ0v) is 19.9. The molecule has 1 aliphatic rings. The highest BCUT2D eigenvalue weighted by Gasteiger charge is 2.34. The van der Waals surface area contributed by atoms with Crippen molar-refractivity contribution in [3.8, 4) is 5.75 Å². The maximum absolute atomic E-state index is 12.8. The van der Waals surface area contributed by atoms with Crippen LogP contribution in [0.5, 0.6) is 5.75 Å². The zero-order valence-electron chi connectivity index (χ0n) is 19.9. The van der Waals surface area contributed by atoms with Crippen LogP contribution in [-0.4, -0.2) is 28.6 Å². The summed E-state index contributed by atoms with van der Waals surface area (Å²) in [6, 6.07) is 26.5. The number of ether oxygens (including phenoxy) is 1. The van der Waals surface area contributed by atoms with Crippen molar-refractivity contribution < 1.29 is 9.53 Å². The van der Waals surface area contributed by atoms with Crippen LogP contribution in [0.4, 0.5) is 5.69 Å². The maximum Gasteiger partial charge on any atom is 0.227 e. The van der Waals surface area contributed by atoms with Gasteiger partial charge in [-0.15, -0.1) is 0 Å². The van der Waals surface area contributed by atoms with E-state index in [0.29, 0.717) is 25.5 Å². The minimum atomic E-state index is 0.0737. The first-order valence-corrected chi connectivity index (χ1v) is 12.1. The van der Waals surface area contributed by atoms with E-state index >= 15 is 0 Å². The molecular formula is C29H31N3O2. The van der Waals surface area contributed by atoms with E-state index in [1.807, 2.05) is 53.4 Å². The molecule has 0 radical (unpaired) electrons. The Labute approximate surface area is 201 Å². The van der Waals surface area contributed by atoms with Gasteiger partial charge in [-0.2, -0.15) is 0 Å². The number of carbonyl (C=O) groups excluding carboxylic acids is 1. The van der Waals surface area contributed by atoms with Crippen LogP contribution in [0.15, 0.2) is 78.9 Å². The number of benzene rings is 3. The van der Waals surface area contributed by atoms with E-state index < -0.39 is 0 Å². The summed E-state index contributed by atoms with van der Waals surface area (Å²) in [5.41, 5.74) is 4.37. The number of amides is 1. The van der Waals surface area contributed by atoms with Gasteiger partial charge >= 0.3 is 0 Å². The fourth-order valence-electron chi connectivity index (χ4n) is 4.74. The van der Waals surface area contributed by atoms with Gasteiger partial charge in [0.05, 0.1) is 17.6 Å². The number of aromatic nitrogens is 2. The molecule has 0 aliphatic carbocycles. The smallest absolute Gasteiger partial charge is 0.227 e. The van der Waals surface area contributed by atoms with Gasteiger partial charge in [0, 0.05) is 31.1 Å². The topological polar surface area (TPSA) is 47.4 Å². The molecule has 34 heavy (non-hydrogen) atoms. The highest BCUT2D eigenvalue weighted by Crippen LogP contribution is 2.33. The van der Waals surface area contributed by atoms with Gasteiger partial charge < -0.3 is 14.2 Å². The van der Waals surface area contributed by atoms with Gasteiger partial charge in [-0.05, 0) is 54.3 Å². The lowest BCUT2D eigenvalue weighted by Crippen LogP contribution is -2.24. The molecule has 0 N–H and O–H groups in total. The van der Waals surface area contributed by atoms with Crippen LogP contribution in [0.25, 0.3) is 11.0 Å². The summed E-state index contributed by atoms with van der Waals surface area (Å²) in [7, 11) is 0. The quantitative estimate of drug-likeness (QED) is 0.301. The number of nitrogens with zero attached hydrogens (tertiary/aromatic N) is 3. The second-order valence-electron chi connectivity index (χ2n) is 9.28.